The third kappa shape index (κ3) is 2.07. The quantitative estimate of drug-likeness (QED) is 0.764. The lowest BCUT2D eigenvalue weighted by atomic mass is 10.2. The summed E-state index contributed by atoms with van der Waals surface area (Å²) in [6, 6.07) is 0. The van der Waals surface area contributed by atoms with E-state index in [1.54, 1.807) is 11.8 Å². The predicted octanol–water partition coefficient (Wildman–Crippen LogP) is 0.307. The highest BCUT2D eigenvalue weighted by molar-refractivity contribution is 8.07. The minimum Gasteiger partial charge on any atom is -0.313 e. The second-order valence-corrected chi connectivity index (χ2v) is 4.13. The second-order valence-electron chi connectivity index (χ2n) is 3.28. The van der Waals surface area contributed by atoms with Crippen molar-refractivity contribution in [1.82, 2.24) is 9.97 Å². The van der Waals surface area contributed by atoms with E-state index in [9.17, 15) is 4.79 Å². The van der Waals surface area contributed by atoms with Gasteiger partial charge in [-0.2, -0.15) is 0 Å². The van der Waals surface area contributed by atoms with Crippen LogP contribution in [0.2, 0.25) is 0 Å². The number of nitrogens with one attached hydrogen (secondary N) is 1. The molecule has 0 aliphatic carbocycles. The highest BCUT2D eigenvalue weighted by Crippen LogP contribution is 2.19. The van der Waals surface area contributed by atoms with E-state index in [2.05, 4.69) is 30.4 Å². The van der Waals surface area contributed by atoms with Crippen molar-refractivity contribution in [2.45, 2.75) is 13.8 Å². The van der Waals surface area contributed by atoms with Gasteiger partial charge in [0.15, 0.2) is 0 Å². The molecule has 0 bridgehead atoms. The van der Waals surface area contributed by atoms with Crippen molar-refractivity contribution >= 4 is 23.2 Å². The summed E-state index contributed by atoms with van der Waals surface area (Å²) in [5, 5.41) is 1.17. The van der Waals surface area contributed by atoms with E-state index in [1.165, 1.54) is 6.33 Å². The minimum absolute atomic E-state index is 0.165. The molecule has 4 heteroatoms. The van der Waals surface area contributed by atoms with E-state index in [1.807, 2.05) is 6.26 Å². The van der Waals surface area contributed by atoms with Crippen LogP contribution in [0.5, 0.6) is 0 Å². The topological polar surface area (TPSA) is 45.8 Å². The molecule has 0 aliphatic heterocycles. The Bertz CT molecular complexity index is 476. The van der Waals surface area contributed by atoms with Crippen molar-refractivity contribution in [2.75, 3.05) is 6.26 Å². The van der Waals surface area contributed by atoms with Gasteiger partial charge >= 0.3 is 0 Å². The van der Waals surface area contributed by atoms with Crippen LogP contribution < -0.4 is 16.1 Å². The summed E-state index contributed by atoms with van der Waals surface area (Å²) in [7, 11) is 0. The Hall–Kier alpha value is -1.03. The molecule has 0 aromatic carbocycles. The van der Waals surface area contributed by atoms with E-state index in [0.717, 1.165) is 10.3 Å². The molecule has 0 fully saturated rings. The monoisotopic (exact) mass is 210 g/mol. The molecule has 0 unspecified atom stereocenters. The van der Waals surface area contributed by atoms with E-state index >= 15 is 0 Å². The molecule has 0 atom stereocenters. The molecule has 0 saturated carbocycles. The molecule has 1 rings (SSSR count). The predicted molar refractivity (Wildman–Crippen MR) is 61.4 cm³/mol. The van der Waals surface area contributed by atoms with Crippen LogP contribution in [-0.4, -0.2) is 16.2 Å². The number of rotatable bonds is 2. The molecule has 1 aromatic rings. The van der Waals surface area contributed by atoms with Crippen molar-refractivity contribution in [3.63, 3.8) is 0 Å². The van der Waals surface area contributed by atoms with Gasteiger partial charge in [-0.3, -0.25) is 4.79 Å². The van der Waals surface area contributed by atoms with Gasteiger partial charge < -0.3 is 4.98 Å². The molecule has 0 saturated heterocycles. The Balaban J connectivity index is 3.66. The van der Waals surface area contributed by atoms with Crippen LogP contribution >= 0.6 is 11.8 Å². The third-order valence-corrected chi connectivity index (χ3v) is 3.03. The summed E-state index contributed by atoms with van der Waals surface area (Å²) < 4.78 is 0. The number of H-pyrrole nitrogens is 1. The van der Waals surface area contributed by atoms with Gasteiger partial charge in [0.25, 0.3) is 5.56 Å². The molecule has 3 nitrogen and oxygen atoms in total. The maximum Gasteiger partial charge on any atom is 0.257 e. The molecule has 1 aromatic heterocycles. The molecule has 0 radical (unpaired) electrons. The van der Waals surface area contributed by atoms with E-state index < -0.39 is 0 Å². The fourth-order valence-electron chi connectivity index (χ4n) is 1.25. The summed E-state index contributed by atoms with van der Waals surface area (Å²) in [6.45, 7) is 7.89. The van der Waals surface area contributed by atoms with Crippen molar-refractivity contribution in [3.05, 3.63) is 27.2 Å². The SMILES string of the molecule is C=c1c(=O)[nH]cn/c1=C(/SC)C(C)C. The number of hydrogen-bond acceptors (Lipinski definition) is 3. The van der Waals surface area contributed by atoms with Crippen molar-refractivity contribution in [1.29, 1.82) is 0 Å². The van der Waals surface area contributed by atoms with Gasteiger partial charge in [0.05, 0.1) is 16.9 Å². The maximum absolute atomic E-state index is 11.3. The van der Waals surface area contributed by atoms with Crippen LogP contribution in [0.15, 0.2) is 11.1 Å². The zero-order chi connectivity index (χ0) is 10.7. The van der Waals surface area contributed by atoms with Gasteiger partial charge in [0.2, 0.25) is 0 Å². The Labute approximate surface area is 87.0 Å². The largest absolute Gasteiger partial charge is 0.313 e. The first kappa shape index (κ1) is 11.0. The molecular formula is C10H14N2OS. The second kappa shape index (κ2) is 4.46. The number of hydrogen-bond donors (Lipinski definition) is 1. The van der Waals surface area contributed by atoms with Crippen LogP contribution in [0.4, 0.5) is 0 Å². The Morgan fingerprint density at radius 1 is 1.64 bits per heavy atom. The number of thioether (sulfide) groups is 1. The lowest BCUT2D eigenvalue weighted by Gasteiger charge is -2.06. The molecule has 76 valence electrons. The zero-order valence-corrected chi connectivity index (χ0v) is 9.44. The first-order valence-corrected chi connectivity index (χ1v) is 5.61. The normalized spacial score (nSPS) is 13.1. The van der Waals surface area contributed by atoms with Gasteiger partial charge in [-0.05, 0) is 12.2 Å². The van der Waals surface area contributed by atoms with E-state index in [4.69, 9.17) is 0 Å². The van der Waals surface area contributed by atoms with Gasteiger partial charge in [0.1, 0.15) is 0 Å². The average Bonchev–Trinajstić information content (AvgIpc) is 2.13. The smallest absolute Gasteiger partial charge is 0.257 e. The van der Waals surface area contributed by atoms with E-state index in [0.29, 0.717) is 11.1 Å². The highest BCUT2D eigenvalue weighted by Gasteiger charge is 2.04. The molecular weight excluding hydrogens is 196 g/mol. The van der Waals surface area contributed by atoms with Crippen molar-refractivity contribution in [3.8, 4) is 0 Å². The van der Waals surface area contributed by atoms with Gasteiger partial charge in [-0.1, -0.05) is 20.4 Å². The molecule has 1 N–H and O–H groups in total. The Kier molecular flexibility index (Phi) is 3.52. The van der Waals surface area contributed by atoms with Crippen molar-refractivity contribution < 1.29 is 0 Å². The molecule has 1 heterocycles. The fraction of sp³-hybridized carbons (Fsp3) is 0.400. The Morgan fingerprint density at radius 3 is 2.79 bits per heavy atom. The zero-order valence-electron chi connectivity index (χ0n) is 8.63. The molecule has 14 heavy (non-hydrogen) atoms. The van der Waals surface area contributed by atoms with Crippen LogP contribution in [0.25, 0.3) is 11.5 Å². The van der Waals surface area contributed by atoms with Crippen LogP contribution in [0.3, 0.4) is 0 Å². The summed E-state index contributed by atoms with van der Waals surface area (Å²) >= 11 is 1.62. The lowest BCUT2D eigenvalue weighted by Crippen LogP contribution is -2.42. The van der Waals surface area contributed by atoms with Gasteiger partial charge in [-0.25, -0.2) is 4.98 Å². The van der Waals surface area contributed by atoms with Crippen LogP contribution in [0.1, 0.15) is 13.8 Å². The van der Waals surface area contributed by atoms with Gasteiger partial charge in [-0.15, -0.1) is 11.8 Å². The third-order valence-electron chi connectivity index (χ3n) is 1.93. The lowest BCUT2D eigenvalue weighted by molar-refractivity contribution is 0.862. The first-order chi connectivity index (χ1) is 6.57. The van der Waals surface area contributed by atoms with Crippen LogP contribution in [0, 0.1) is 5.92 Å². The van der Waals surface area contributed by atoms with Gasteiger partial charge in [0, 0.05) is 4.91 Å². The Morgan fingerprint density at radius 2 is 2.29 bits per heavy atom. The molecule has 0 spiro atoms. The first-order valence-electron chi connectivity index (χ1n) is 4.38. The number of nitrogens with zero attached hydrogens (tertiary/aromatic N) is 1. The summed E-state index contributed by atoms with van der Waals surface area (Å²) in [6.07, 6.45) is 3.41. The fourth-order valence-corrected chi connectivity index (χ4v) is 2.09. The number of aromatic amines is 1. The maximum atomic E-state index is 11.3. The van der Waals surface area contributed by atoms with Crippen molar-refractivity contribution in [2.24, 2.45) is 5.92 Å². The molecule has 0 aliphatic rings. The standard InChI is InChI=1S/C10H14N2OS/c1-6(2)9(14-4)8-7(3)10(13)12-5-11-8/h5-6H,3H2,1-2,4H3,(H,11,12,13)/b9-8+. The van der Waals surface area contributed by atoms with Crippen LogP contribution in [-0.2, 0) is 0 Å². The summed E-state index contributed by atoms with van der Waals surface area (Å²) in [5.74, 6) is 0.361. The summed E-state index contributed by atoms with van der Waals surface area (Å²) in [4.78, 5) is 19.1. The van der Waals surface area contributed by atoms with E-state index in [-0.39, 0.29) is 5.56 Å². The minimum atomic E-state index is -0.165. The molecule has 0 amide bonds. The highest BCUT2D eigenvalue weighted by atomic mass is 32.2. The summed E-state index contributed by atoms with van der Waals surface area (Å²) in [5.41, 5.74) is -0.165. The average molecular weight is 210 g/mol. The number of aromatic nitrogens is 2.